The molecule has 1 aliphatic carbocycles. The number of nitrogens with one attached hydrogen (secondary N) is 1. The number of aromatic nitrogens is 1. The molecule has 0 aromatic carbocycles. The van der Waals surface area contributed by atoms with Gasteiger partial charge in [-0.25, -0.2) is 4.98 Å². The van der Waals surface area contributed by atoms with Crippen molar-refractivity contribution in [3.63, 3.8) is 0 Å². The zero-order valence-corrected chi connectivity index (χ0v) is 8.88. The number of hydrogen-bond acceptors (Lipinski definition) is 3. The van der Waals surface area contributed by atoms with E-state index in [2.05, 4.69) is 10.3 Å². The monoisotopic (exact) mass is 211 g/mol. The highest BCUT2D eigenvalue weighted by atomic mass is 35.5. The summed E-state index contributed by atoms with van der Waals surface area (Å²) in [5.74, 6) is 0. The van der Waals surface area contributed by atoms with Crippen molar-refractivity contribution in [2.24, 2.45) is 5.73 Å². The second-order valence-electron chi connectivity index (χ2n) is 3.87. The third-order valence-corrected chi connectivity index (χ3v) is 2.92. The van der Waals surface area contributed by atoms with E-state index in [1.807, 2.05) is 13.0 Å². The Hall–Kier alpha value is -0.800. The van der Waals surface area contributed by atoms with Crippen LogP contribution >= 0.6 is 11.6 Å². The number of halogens is 1. The summed E-state index contributed by atoms with van der Waals surface area (Å²) in [5.41, 5.74) is 7.79. The van der Waals surface area contributed by atoms with Crippen molar-refractivity contribution in [2.75, 3.05) is 5.32 Å². The van der Waals surface area contributed by atoms with Gasteiger partial charge in [-0.15, -0.1) is 0 Å². The minimum absolute atomic E-state index is 0.350. The molecule has 3 N–H and O–H groups in total. The number of aryl methyl sites for hydroxylation is 1. The first-order valence-corrected chi connectivity index (χ1v) is 5.18. The molecule has 0 atom stereocenters. The lowest BCUT2D eigenvalue weighted by Gasteiger charge is -2.34. The van der Waals surface area contributed by atoms with Gasteiger partial charge in [-0.2, -0.15) is 0 Å². The number of rotatable bonds is 2. The predicted octanol–water partition coefficient (Wildman–Crippen LogP) is 1.95. The second kappa shape index (κ2) is 3.75. The molecule has 0 amide bonds. The fourth-order valence-corrected chi connectivity index (χ4v) is 1.94. The molecule has 1 aliphatic rings. The van der Waals surface area contributed by atoms with Crippen LogP contribution in [-0.4, -0.2) is 17.1 Å². The number of nitrogens with zero attached hydrogens (tertiary/aromatic N) is 1. The number of pyridine rings is 1. The van der Waals surface area contributed by atoms with E-state index in [1.54, 1.807) is 6.20 Å². The lowest BCUT2D eigenvalue weighted by atomic mass is 9.87. The van der Waals surface area contributed by atoms with Crippen LogP contribution in [0.15, 0.2) is 12.3 Å². The Labute approximate surface area is 88.7 Å². The highest BCUT2D eigenvalue weighted by Crippen LogP contribution is 2.28. The zero-order chi connectivity index (χ0) is 10.1. The van der Waals surface area contributed by atoms with Gasteiger partial charge in [0.2, 0.25) is 0 Å². The molecule has 0 radical (unpaired) electrons. The molecular formula is C10H14ClN3. The van der Waals surface area contributed by atoms with E-state index in [0.717, 1.165) is 24.1 Å². The van der Waals surface area contributed by atoms with E-state index in [-0.39, 0.29) is 0 Å². The van der Waals surface area contributed by atoms with Crippen molar-refractivity contribution in [2.45, 2.75) is 31.8 Å². The van der Waals surface area contributed by atoms with Crippen LogP contribution in [0.4, 0.5) is 5.69 Å². The lowest BCUT2D eigenvalue weighted by molar-refractivity contribution is 0.373. The maximum absolute atomic E-state index is 5.99. The molecule has 1 saturated carbocycles. The third-order valence-electron chi connectivity index (χ3n) is 2.64. The van der Waals surface area contributed by atoms with Gasteiger partial charge in [0, 0.05) is 18.3 Å². The van der Waals surface area contributed by atoms with Crippen molar-refractivity contribution in [3.8, 4) is 0 Å². The molecule has 1 aromatic heterocycles. The van der Waals surface area contributed by atoms with Gasteiger partial charge >= 0.3 is 0 Å². The first-order chi connectivity index (χ1) is 6.66. The predicted molar refractivity (Wildman–Crippen MR) is 58.6 cm³/mol. The largest absolute Gasteiger partial charge is 0.379 e. The fourth-order valence-electron chi connectivity index (χ4n) is 1.68. The van der Waals surface area contributed by atoms with E-state index in [0.29, 0.717) is 17.2 Å². The molecule has 76 valence electrons. The van der Waals surface area contributed by atoms with Crippen molar-refractivity contribution in [1.29, 1.82) is 0 Å². The number of nitrogens with two attached hydrogens (primary N) is 1. The van der Waals surface area contributed by atoms with Crippen LogP contribution in [0.1, 0.15) is 18.4 Å². The smallest absolute Gasteiger partial charge is 0.152 e. The zero-order valence-electron chi connectivity index (χ0n) is 8.13. The standard InChI is InChI=1S/C10H14ClN3/c1-6-2-3-13-10(11)9(6)14-8-4-7(12)5-8/h2-3,7-8,14H,4-5,12H2,1H3. The van der Waals surface area contributed by atoms with Crippen molar-refractivity contribution >= 4 is 17.3 Å². The first-order valence-electron chi connectivity index (χ1n) is 4.80. The molecule has 1 aromatic rings. The summed E-state index contributed by atoms with van der Waals surface area (Å²) in [4.78, 5) is 4.04. The Kier molecular flexibility index (Phi) is 2.61. The molecule has 1 heterocycles. The molecular weight excluding hydrogens is 198 g/mol. The molecule has 0 saturated heterocycles. The molecule has 4 heteroatoms. The van der Waals surface area contributed by atoms with Gasteiger partial charge < -0.3 is 11.1 Å². The molecule has 0 spiro atoms. The number of hydrogen-bond donors (Lipinski definition) is 2. The minimum Gasteiger partial charge on any atom is -0.379 e. The Balaban J connectivity index is 2.09. The van der Waals surface area contributed by atoms with Crippen molar-refractivity contribution in [1.82, 2.24) is 4.98 Å². The summed E-state index contributed by atoms with van der Waals surface area (Å²) in [6, 6.07) is 2.76. The van der Waals surface area contributed by atoms with Crippen LogP contribution in [0.5, 0.6) is 0 Å². The van der Waals surface area contributed by atoms with E-state index < -0.39 is 0 Å². The molecule has 14 heavy (non-hydrogen) atoms. The quantitative estimate of drug-likeness (QED) is 0.736. The van der Waals surface area contributed by atoms with Gasteiger partial charge in [-0.1, -0.05) is 11.6 Å². The van der Waals surface area contributed by atoms with E-state index in [9.17, 15) is 0 Å². The van der Waals surface area contributed by atoms with Gasteiger partial charge in [0.05, 0.1) is 5.69 Å². The molecule has 2 rings (SSSR count). The molecule has 0 bridgehead atoms. The average molecular weight is 212 g/mol. The topological polar surface area (TPSA) is 50.9 Å². The SMILES string of the molecule is Cc1ccnc(Cl)c1NC1CC(N)C1. The van der Waals surface area contributed by atoms with Crippen LogP contribution in [0.25, 0.3) is 0 Å². The van der Waals surface area contributed by atoms with Gasteiger partial charge in [-0.05, 0) is 31.4 Å². The van der Waals surface area contributed by atoms with Crippen molar-refractivity contribution < 1.29 is 0 Å². The van der Waals surface area contributed by atoms with Crippen LogP contribution in [-0.2, 0) is 0 Å². The second-order valence-corrected chi connectivity index (χ2v) is 4.22. The summed E-state index contributed by atoms with van der Waals surface area (Å²) in [6.45, 7) is 2.02. The molecule has 0 unspecified atom stereocenters. The minimum atomic E-state index is 0.350. The summed E-state index contributed by atoms with van der Waals surface area (Å²) < 4.78 is 0. The van der Waals surface area contributed by atoms with Crippen molar-refractivity contribution in [3.05, 3.63) is 23.0 Å². The first kappa shape index (κ1) is 9.74. The van der Waals surface area contributed by atoms with Gasteiger partial charge in [0.1, 0.15) is 0 Å². The van der Waals surface area contributed by atoms with E-state index >= 15 is 0 Å². The van der Waals surface area contributed by atoms with Gasteiger partial charge in [0.15, 0.2) is 5.15 Å². The molecule has 3 nitrogen and oxygen atoms in total. The number of anilines is 1. The van der Waals surface area contributed by atoms with E-state index in [4.69, 9.17) is 17.3 Å². The third kappa shape index (κ3) is 1.83. The Morgan fingerprint density at radius 3 is 2.86 bits per heavy atom. The van der Waals surface area contributed by atoms with Gasteiger partial charge in [-0.3, -0.25) is 0 Å². The van der Waals surface area contributed by atoms with Crippen LogP contribution < -0.4 is 11.1 Å². The van der Waals surface area contributed by atoms with E-state index in [1.165, 1.54) is 0 Å². The summed E-state index contributed by atoms with van der Waals surface area (Å²) in [6.07, 6.45) is 3.75. The summed E-state index contributed by atoms with van der Waals surface area (Å²) in [5, 5.41) is 3.92. The van der Waals surface area contributed by atoms with Gasteiger partial charge in [0.25, 0.3) is 0 Å². The Morgan fingerprint density at radius 1 is 1.57 bits per heavy atom. The molecule has 0 aliphatic heterocycles. The normalized spacial score (nSPS) is 25.6. The highest BCUT2D eigenvalue weighted by molar-refractivity contribution is 6.32. The highest BCUT2D eigenvalue weighted by Gasteiger charge is 2.26. The summed E-state index contributed by atoms with van der Waals surface area (Å²) >= 11 is 5.99. The fraction of sp³-hybridized carbons (Fsp3) is 0.500. The molecule has 1 fully saturated rings. The maximum Gasteiger partial charge on any atom is 0.152 e. The Morgan fingerprint density at radius 2 is 2.29 bits per heavy atom. The Bertz CT molecular complexity index is 314. The van der Waals surface area contributed by atoms with Crippen LogP contribution in [0.2, 0.25) is 5.15 Å². The summed E-state index contributed by atoms with van der Waals surface area (Å²) in [7, 11) is 0. The van der Waals surface area contributed by atoms with Crippen LogP contribution in [0, 0.1) is 6.92 Å². The van der Waals surface area contributed by atoms with Crippen LogP contribution in [0.3, 0.4) is 0 Å². The maximum atomic E-state index is 5.99. The average Bonchev–Trinajstić information content (AvgIpc) is 2.08. The lowest BCUT2D eigenvalue weighted by Crippen LogP contribution is -2.44.